The van der Waals surface area contributed by atoms with Crippen molar-refractivity contribution in [1.82, 2.24) is 23.6 Å². The number of aryl methyl sites for hydroxylation is 1. The zero-order valence-electron chi connectivity index (χ0n) is 17.2. The van der Waals surface area contributed by atoms with Crippen molar-refractivity contribution in [3.63, 3.8) is 0 Å². The predicted molar refractivity (Wildman–Crippen MR) is 118 cm³/mol. The van der Waals surface area contributed by atoms with Gasteiger partial charge in [-0.25, -0.2) is 4.98 Å². The van der Waals surface area contributed by atoms with Gasteiger partial charge in [0.15, 0.2) is 0 Å². The van der Waals surface area contributed by atoms with Gasteiger partial charge in [0.25, 0.3) is 0 Å². The minimum atomic E-state index is 0.593. The lowest BCUT2D eigenvalue weighted by atomic mass is 9.81. The molecule has 3 aromatic heterocycles. The summed E-state index contributed by atoms with van der Waals surface area (Å²) in [6, 6.07) is 3.07. The van der Waals surface area contributed by atoms with E-state index in [9.17, 15) is 0 Å². The molecule has 0 unspecified atom stereocenters. The first-order chi connectivity index (χ1) is 14.1. The van der Waals surface area contributed by atoms with Gasteiger partial charge < -0.3 is 4.74 Å². The van der Waals surface area contributed by atoms with E-state index in [0.717, 1.165) is 54.8 Å². The standard InChI is InChI=1S/C22H29N5OS/c1-15-20(13-24-25(15)2)21-14-27(29)22-19(21)11-17(12-23-22)16-3-5-18(6-4-16)26-7-9-28-10-8-26/h11-14,16,18,29H,3-10H2,1-2H3/t16-,18-. The molecule has 3 aromatic rings. The largest absolute Gasteiger partial charge is 0.379 e. The number of hydrogen-bond donors (Lipinski definition) is 1. The molecule has 0 N–H and O–H groups in total. The molecule has 0 amide bonds. The van der Waals surface area contributed by atoms with Gasteiger partial charge in [-0.1, -0.05) is 12.8 Å². The van der Waals surface area contributed by atoms with Gasteiger partial charge in [0.05, 0.1) is 19.4 Å². The van der Waals surface area contributed by atoms with E-state index in [1.54, 1.807) is 0 Å². The number of rotatable bonds is 3. The SMILES string of the molecule is Cc1c(-c2cn(S)c3ncc([C@H]4CC[C@H](N5CCOCC5)CC4)cc23)cnn1C. The lowest BCUT2D eigenvalue weighted by Crippen LogP contribution is -2.44. The van der Waals surface area contributed by atoms with Crippen LogP contribution in [0.2, 0.25) is 0 Å². The Bertz CT molecular complexity index is 1010. The number of aromatic nitrogens is 4. The van der Waals surface area contributed by atoms with Crippen molar-refractivity contribution in [2.75, 3.05) is 26.3 Å². The molecule has 1 saturated heterocycles. The summed E-state index contributed by atoms with van der Waals surface area (Å²) in [7, 11) is 1.98. The Labute approximate surface area is 177 Å². The lowest BCUT2D eigenvalue weighted by Gasteiger charge is -2.38. The number of thiol groups is 1. The zero-order chi connectivity index (χ0) is 20.0. The third-order valence-corrected chi connectivity index (χ3v) is 7.21. The Kier molecular flexibility index (Phi) is 5.14. The third kappa shape index (κ3) is 3.49. The summed E-state index contributed by atoms with van der Waals surface area (Å²) in [6.07, 6.45) is 11.1. The Morgan fingerprint density at radius 3 is 2.52 bits per heavy atom. The predicted octanol–water partition coefficient (Wildman–Crippen LogP) is 3.80. The number of morpholine rings is 1. The summed E-state index contributed by atoms with van der Waals surface area (Å²) in [4.78, 5) is 7.41. The molecule has 2 fully saturated rings. The Morgan fingerprint density at radius 1 is 1.07 bits per heavy atom. The fourth-order valence-corrected chi connectivity index (χ4v) is 5.30. The van der Waals surface area contributed by atoms with Gasteiger partial charge in [-0.15, -0.1) is 0 Å². The molecule has 154 valence electrons. The van der Waals surface area contributed by atoms with Crippen LogP contribution in [0.3, 0.4) is 0 Å². The maximum Gasteiger partial charge on any atom is 0.150 e. The van der Waals surface area contributed by atoms with Crippen molar-refractivity contribution in [3.05, 3.63) is 35.9 Å². The van der Waals surface area contributed by atoms with Crippen LogP contribution in [-0.2, 0) is 11.8 Å². The Balaban J connectivity index is 1.40. The average molecular weight is 412 g/mol. The Morgan fingerprint density at radius 2 is 1.83 bits per heavy atom. The zero-order valence-corrected chi connectivity index (χ0v) is 18.1. The molecular formula is C22H29N5OS. The van der Waals surface area contributed by atoms with Crippen molar-refractivity contribution in [2.24, 2.45) is 7.05 Å². The minimum absolute atomic E-state index is 0.593. The highest BCUT2D eigenvalue weighted by Crippen LogP contribution is 2.38. The van der Waals surface area contributed by atoms with E-state index in [0.29, 0.717) is 5.92 Å². The summed E-state index contributed by atoms with van der Waals surface area (Å²) in [6.45, 7) is 6.06. The highest BCUT2D eigenvalue weighted by molar-refractivity contribution is 7.78. The van der Waals surface area contributed by atoms with E-state index in [2.05, 4.69) is 48.2 Å². The molecule has 4 heterocycles. The second kappa shape index (κ2) is 7.78. The van der Waals surface area contributed by atoms with Gasteiger partial charge in [-0.05, 0) is 50.2 Å². The van der Waals surface area contributed by atoms with Crippen LogP contribution in [-0.4, -0.2) is 56.0 Å². The lowest BCUT2D eigenvalue weighted by molar-refractivity contribution is 0.00729. The molecule has 5 rings (SSSR count). The second-order valence-electron chi connectivity index (χ2n) is 8.45. The van der Waals surface area contributed by atoms with Crippen molar-refractivity contribution >= 4 is 23.8 Å². The van der Waals surface area contributed by atoms with Gasteiger partial charge in [0, 0.05) is 60.8 Å². The molecule has 2 aliphatic rings. The first kappa shape index (κ1) is 19.2. The summed E-state index contributed by atoms with van der Waals surface area (Å²) in [5.74, 6) is 0.593. The molecule has 0 atom stereocenters. The molecule has 6 nitrogen and oxygen atoms in total. The first-order valence-electron chi connectivity index (χ1n) is 10.6. The van der Waals surface area contributed by atoms with Crippen LogP contribution in [0.25, 0.3) is 22.2 Å². The van der Waals surface area contributed by atoms with E-state index in [1.165, 1.54) is 36.6 Å². The van der Waals surface area contributed by atoms with Gasteiger partial charge in [-0.2, -0.15) is 5.10 Å². The molecule has 0 aromatic carbocycles. The van der Waals surface area contributed by atoms with Crippen LogP contribution in [0.4, 0.5) is 0 Å². The van der Waals surface area contributed by atoms with Crippen molar-refractivity contribution < 1.29 is 4.74 Å². The molecule has 1 aliphatic heterocycles. The monoisotopic (exact) mass is 411 g/mol. The molecule has 0 bridgehead atoms. The number of hydrogen-bond acceptors (Lipinski definition) is 5. The summed E-state index contributed by atoms with van der Waals surface area (Å²) in [5, 5.41) is 5.59. The maximum atomic E-state index is 5.52. The van der Waals surface area contributed by atoms with E-state index < -0.39 is 0 Å². The van der Waals surface area contributed by atoms with Crippen molar-refractivity contribution in [2.45, 2.75) is 44.6 Å². The van der Waals surface area contributed by atoms with Gasteiger partial charge in [0.1, 0.15) is 5.65 Å². The number of ether oxygens (including phenoxy) is 1. The fourth-order valence-electron chi connectivity index (χ4n) is 5.03. The van der Waals surface area contributed by atoms with Crippen LogP contribution in [0, 0.1) is 6.92 Å². The van der Waals surface area contributed by atoms with Crippen molar-refractivity contribution in [1.29, 1.82) is 0 Å². The highest BCUT2D eigenvalue weighted by atomic mass is 32.1. The topological polar surface area (TPSA) is 48.1 Å². The normalized spacial score (nSPS) is 23.7. The van der Waals surface area contributed by atoms with E-state index >= 15 is 0 Å². The molecule has 1 saturated carbocycles. The maximum absolute atomic E-state index is 5.52. The van der Waals surface area contributed by atoms with Crippen molar-refractivity contribution in [3.8, 4) is 11.1 Å². The van der Waals surface area contributed by atoms with Crippen LogP contribution < -0.4 is 0 Å². The van der Waals surface area contributed by atoms with Gasteiger partial charge in [0.2, 0.25) is 0 Å². The smallest absolute Gasteiger partial charge is 0.150 e. The molecule has 29 heavy (non-hydrogen) atoms. The van der Waals surface area contributed by atoms with Crippen LogP contribution in [0.1, 0.15) is 42.9 Å². The molecule has 0 spiro atoms. The fraction of sp³-hybridized carbons (Fsp3) is 0.545. The van der Waals surface area contributed by atoms with Crippen LogP contribution >= 0.6 is 12.8 Å². The molecule has 1 aliphatic carbocycles. The molecule has 0 radical (unpaired) electrons. The highest BCUT2D eigenvalue weighted by Gasteiger charge is 2.28. The summed E-state index contributed by atoms with van der Waals surface area (Å²) < 4.78 is 9.26. The van der Waals surface area contributed by atoms with E-state index in [-0.39, 0.29) is 0 Å². The quantitative estimate of drug-likeness (QED) is 0.666. The summed E-state index contributed by atoms with van der Waals surface area (Å²) in [5.41, 5.74) is 5.75. The number of fused-ring (bicyclic) bond motifs is 1. The summed E-state index contributed by atoms with van der Waals surface area (Å²) >= 11 is 4.61. The number of nitrogens with zero attached hydrogens (tertiary/aromatic N) is 5. The molecule has 7 heteroatoms. The minimum Gasteiger partial charge on any atom is -0.379 e. The first-order valence-corrected chi connectivity index (χ1v) is 11.0. The van der Waals surface area contributed by atoms with Crippen LogP contribution in [0.15, 0.2) is 24.7 Å². The third-order valence-electron chi connectivity index (χ3n) is 6.90. The second-order valence-corrected chi connectivity index (χ2v) is 8.88. The van der Waals surface area contributed by atoms with E-state index in [1.807, 2.05) is 21.9 Å². The average Bonchev–Trinajstić information content (AvgIpc) is 3.27. The van der Waals surface area contributed by atoms with E-state index in [4.69, 9.17) is 9.72 Å². The van der Waals surface area contributed by atoms with Gasteiger partial charge >= 0.3 is 0 Å². The van der Waals surface area contributed by atoms with Crippen LogP contribution in [0.5, 0.6) is 0 Å². The molecular weight excluding hydrogens is 382 g/mol. The number of pyridine rings is 1. The van der Waals surface area contributed by atoms with Gasteiger partial charge in [-0.3, -0.25) is 13.6 Å². The Hall–Kier alpha value is -1.83.